The minimum absolute atomic E-state index is 0.0450. The van der Waals surface area contributed by atoms with Gasteiger partial charge in [0.05, 0.1) is 19.3 Å². The zero-order chi connectivity index (χ0) is 14.8. The molecule has 1 aliphatic rings. The third-order valence-electron chi connectivity index (χ3n) is 4.19. The van der Waals surface area contributed by atoms with E-state index in [4.69, 9.17) is 9.47 Å². The molecule has 1 saturated heterocycles. The van der Waals surface area contributed by atoms with Crippen molar-refractivity contribution in [1.29, 1.82) is 0 Å². The van der Waals surface area contributed by atoms with E-state index in [1.807, 2.05) is 61.5 Å². The molecule has 3 nitrogen and oxygen atoms in total. The normalized spacial score (nSPS) is 28.5. The molecule has 0 aliphatic carbocycles. The van der Waals surface area contributed by atoms with Crippen LogP contribution in [0, 0.1) is 5.92 Å². The summed E-state index contributed by atoms with van der Waals surface area (Å²) >= 11 is 0. The van der Waals surface area contributed by atoms with Gasteiger partial charge in [0.2, 0.25) is 0 Å². The Labute approximate surface area is 125 Å². The first-order valence-electron chi connectivity index (χ1n) is 7.23. The van der Waals surface area contributed by atoms with Crippen LogP contribution in [0.1, 0.15) is 30.3 Å². The zero-order valence-electron chi connectivity index (χ0n) is 12.3. The van der Waals surface area contributed by atoms with Gasteiger partial charge in [-0.15, -0.1) is 0 Å². The van der Waals surface area contributed by atoms with E-state index in [1.54, 1.807) is 7.11 Å². The highest BCUT2D eigenvalue weighted by Gasteiger charge is 2.42. The van der Waals surface area contributed by atoms with Crippen LogP contribution in [-0.2, 0) is 4.74 Å². The van der Waals surface area contributed by atoms with Crippen LogP contribution in [0.4, 0.5) is 0 Å². The number of benzene rings is 2. The van der Waals surface area contributed by atoms with E-state index in [0.717, 1.165) is 16.9 Å². The van der Waals surface area contributed by atoms with Crippen molar-refractivity contribution in [2.75, 3.05) is 7.11 Å². The maximum Gasteiger partial charge on any atom is 0.118 e. The number of aliphatic hydroxyl groups is 1. The van der Waals surface area contributed by atoms with Crippen molar-refractivity contribution in [1.82, 2.24) is 0 Å². The Bertz CT molecular complexity index is 579. The summed E-state index contributed by atoms with van der Waals surface area (Å²) in [6.45, 7) is 2.03. The summed E-state index contributed by atoms with van der Waals surface area (Å²) < 4.78 is 11.3. The second kappa shape index (κ2) is 5.88. The molecule has 2 aromatic carbocycles. The highest BCUT2D eigenvalue weighted by atomic mass is 16.5. The first-order chi connectivity index (χ1) is 10.2. The molecule has 1 N–H and O–H groups in total. The molecule has 2 aromatic rings. The smallest absolute Gasteiger partial charge is 0.118 e. The fourth-order valence-electron chi connectivity index (χ4n) is 2.91. The van der Waals surface area contributed by atoms with Crippen molar-refractivity contribution in [2.45, 2.75) is 25.2 Å². The zero-order valence-corrected chi connectivity index (χ0v) is 12.3. The van der Waals surface area contributed by atoms with Crippen LogP contribution in [0.5, 0.6) is 5.75 Å². The van der Waals surface area contributed by atoms with Crippen molar-refractivity contribution >= 4 is 0 Å². The molecule has 21 heavy (non-hydrogen) atoms. The molecule has 0 aromatic heterocycles. The number of methoxy groups -OCH3 is 1. The van der Waals surface area contributed by atoms with Gasteiger partial charge in [-0.25, -0.2) is 0 Å². The molecule has 0 radical (unpaired) electrons. The molecule has 3 rings (SSSR count). The summed E-state index contributed by atoms with van der Waals surface area (Å²) in [5.41, 5.74) is 2.09. The van der Waals surface area contributed by atoms with Crippen LogP contribution in [0.15, 0.2) is 54.6 Å². The summed E-state index contributed by atoms with van der Waals surface area (Å²) in [5.74, 6) is 0.869. The van der Waals surface area contributed by atoms with Gasteiger partial charge < -0.3 is 14.6 Å². The standard InChI is InChI=1S/C18H20O3/c1-12-16(19)18(13-6-4-3-5-7-13)21-17(12)14-8-10-15(20-2)11-9-14/h3-12,16-19H,1-2H3/t12-,16-,17-,18-/m0/s1. The Kier molecular flexibility index (Phi) is 3.95. The molecule has 0 spiro atoms. The van der Waals surface area contributed by atoms with Gasteiger partial charge in [0.1, 0.15) is 11.9 Å². The SMILES string of the molecule is COc1ccc([C@H]2O[C@@H](c3ccccc3)[C@@H](O)[C@@H]2C)cc1. The van der Waals surface area contributed by atoms with E-state index < -0.39 is 6.10 Å². The van der Waals surface area contributed by atoms with E-state index in [1.165, 1.54) is 0 Å². The van der Waals surface area contributed by atoms with Gasteiger partial charge in [-0.3, -0.25) is 0 Å². The van der Waals surface area contributed by atoms with Crippen molar-refractivity contribution in [3.63, 3.8) is 0 Å². The fourth-order valence-corrected chi connectivity index (χ4v) is 2.91. The average Bonchev–Trinajstić information content (AvgIpc) is 2.84. The molecule has 0 saturated carbocycles. The number of ether oxygens (including phenoxy) is 2. The van der Waals surface area contributed by atoms with E-state index >= 15 is 0 Å². The van der Waals surface area contributed by atoms with E-state index in [0.29, 0.717) is 0 Å². The summed E-state index contributed by atoms with van der Waals surface area (Å²) in [4.78, 5) is 0. The topological polar surface area (TPSA) is 38.7 Å². The van der Waals surface area contributed by atoms with Gasteiger partial charge in [0.15, 0.2) is 0 Å². The average molecular weight is 284 g/mol. The monoisotopic (exact) mass is 284 g/mol. The van der Waals surface area contributed by atoms with Gasteiger partial charge in [0.25, 0.3) is 0 Å². The van der Waals surface area contributed by atoms with Gasteiger partial charge in [-0.05, 0) is 23.3 Å². The van der Waals surface area contributed by atoms with Gasteiger partial charge in [-0.1, -0.05) is 49.4 Å². The number of aliphatic hydroxyl groups excluding tert-OH is 1. The van der Waals surface area contributed by atoms with E-state index in [9.17, 15) is 5.11 Å². The summed E-state index contributed by atoms with van der Waals surface area (Å²) in [6.07, 6.45) is -0.871. The highest BCUT2D eigenvalue weighted by molar-refractivity contribution is 5.30. The van der Waals surface area contributed by atoms with Crippen LogP contribution in [-0.4, -0.2) is 18.3 Å². The van der Waals surface area contributed by atoms with Crippen LogP contribution < -0.4 is 4.74 Å². The Morgan fingerprint density at radius 1 is 0.905 bits per heavy atom. The van der Waals surface area contributed by atoms with Crippen LogP contribution in [0.3, 0.4) is 0 Å². The minimum atomic E-state index is -0.500. The molecule has 110 valence electrons. The molecule has 1 fully saturated rings. The third kappa shape index (κ3) is 2.67. The number of rotatable bonds is 3. The maximum absolute atomic E-state index is 10.5. The molecule has 4 atom stereocenters. The molecule has 0 bridgehead atoms. The summed E-state index contributed by atoms with van der Waals surface area (Å²) in [7, 11) is 1.65. The number of hydrogen-bond donors (Lipinski definition) is 1. The summed E-state index contributed by atoms with van der Waals surface area (Å²) in [6, 6.07) is 17.7. The lowest BCUT2D eigenvalue weighted by molar-refractivity contribution is 0.00813. The predicted octanol–water partition coefficient (Wildman–Crippen LogP) is 3.50. The fraction of sp³-hybridized carbons (Fsp3) is 0.333. The van der Waals surface area contributed by atoms with Crippen LogP contribution >= 0.6 is 0 Å². The Morgan fingerprint density at radius 3 is 2.14 bits per heavy atom. The quantitative estimate of drug-likeness (QED) is 0.937. The van der Waals surface area contributed by atoms with E-state index in [2.05, 4.69) is 0 Å². The van der Waals surface area contributed by atoms with E-state index in [-0.39, 0.29) is 18.1 Å². The molecule has 0 unspecified atom stereocenters. The Morgan fingerprint density at radius 2 is 1.52 bits per heavy atom. The Hall–Kier alpha value is -1.84. The van der Waals surface area contributed by atoms with Gasteiger partial charge >= 0.3 is 0 Å². The molecular weight excluding hydrogens is 264 g/mol. The second-order valence-corrected chi connectivity index (χ2v) is 5.51. The van der Waals surface area contributed by atoms with Crippen molar-refractivity contribution in [3.8, 4) is 5.75 Å². The Balaban J connectivity index is 1.84. The summed E-state index contributed by atoms with van der Waals surface area (Å²) in [5, 5.41) is 10.5. The first kappa shape index (κ1) is 14.1. The highest BCUT2D eigenvalue weighted by Crippen LogP contribution is 2.45. The van der Waals surface area contributed by atoms with Crippen LogP contribution in [0.2, 0.25) is 0 Å². The molecular formula is C18H20O3. The second-order valence-electron chi connectivity index (χ2n) is 5.51. The number of hydrogen-bond acceptors (Lipinski definition) is 3. The van der Waals surface area contributed by atoms with Crippen molar-refractivity contribution in [3.05, 3.63) is 65.7 Å². The lowest BCUT2D eigenvalue weighted by atomic mass is 9.92. The molecule has 0 amide bonds. The third-order valence-corrected chi connectivity index (χ3v) is 4.19. The van der Waals surface area contributed by atoms with Crippen molar-refractivity contribution in [2.24, 2.45) is 5.92 Å². The molecule has 3 heteroatoms. The predicted molar refractivity (Wildman–Crippen MR) is 81.2 cm³/mol. The van der Waals surface area contributed by atoms with Gasteiger partial charge in [0, 0.05) is 5.92 Å². The minimum Gasteiger partial charge on any atom is -0.497 e. The molecule has 1 aliphatic heterocycles. The van der Waals surface area contributed by atoms with Crippen LogP contribution in [0.25, 0.3) is 0 Å². The molecule has 1 heterocycles. The van der Waals surface area contributed by atoms with Gasteiger partial charge in [-0.2, -0.15) is 0 Å². The lowest BCUT2D eigenvalue weighted by Crippen LogP contribution is -2.19. The first-order valence-corrected chi connectivity index (χ1v) is 7.23. The lowest BCUT2D eigenvalue weighted by Gasteiger charge is -2.16. The largest absolute Gasteiger partial charge is 0.497 e. The maximum atomic E-state index is 10.5. The van der Waals surface area contributed by atoms with Crippen molar-refractivity contribution < 1.29 is 14.6 Å².